The Labute approximate surface area is 198 Å². The lowest BCUT2D eigenvalue weighted by molar-refractivity contribution is 0.0951. The molecule has 1 amide bonds. The van der Waals surface area contributed by atoms with Crippen molar-refractivity contribution < 1.29 is 13.2 Å². The van der Waals surface area contributed by atoms with Crippen LogP contribution in [0, 0.1) is 0 Å². The van der Waals surface area contributed by atoms with Crippen LogP contribution in [0.3, 0.4) is 0 Å². The fourth-order valence-corrected chi connectivity index (χ4v) is 4.73. The number of nitrogens with one attached hydrogen (secondary N) is 3. The SMILES string of the molecule is O=C(NCc1ccncc1)c1ccc(N2CCNCC2)c(NS(=O)(=O)c2ccc(Cl)cc2)c1. The van der Waals surface area contributed by atoms with Gasteiger partial charge >= 0.3 is 0 Å². The van der Waals surface area contributed by atoms with E-state index < -0.39 is 10.0 Å². The summed E-state index contributed by atoms with van der Waals surface area (Å²) in [5.74, 6) is -0.300. The lowest BCUT2D eigenvalue weighted by Gasteiger charge is -2.31. The minimum atomic E-state index is -3.88. The van der Waals surface area contributed by atoms with Gasteiger partial charge in [0.2, 0.25) is 0 Å². The number of anilines is 2. The van der Waals surface area contributed by atoms with E-state index >= 15 is 0 Å². The Morgan fingerprint density at radius 1 is 1.03 bits per heavy atom. The average molecular weight is 486 g/mol. The molecular weight excluding hydrogens is 462 g/mol. The van der Waals surface area contributed by atoms with E-state index in [9.17, 15) is 13.2 Å². The normalized spacial score (nSPS) is 14.0. The summed E-state index contributed by atoms with van der Waals surface area (Å²) in [7, 11) is -3.88. The third-order valence-corrected chi connectivity index (χ3v) is 6.92. The first-order valence-corrected chi connectivity index (χ1v) is 12.3. The number of benzene rings is 2. The van der Waals surface area contributed by atoms with Crippen LogP contribution in [0.2, 0.25) is 5.02 Å². The molecule has 3 N–H and O–H groups in total. The highest BCUT2D eigenvalue weighted by Crippen LogP contribution is 2.30. The topological polar surface area (TPSA) is 103 Å². The molecule has 0 bridgehead atoms. The summed E-state index contributed by atoms with van der Waals surface area (Å²) < 4.78 is 28.8. The molecule has 1 aliphatic heterocycles. The fraction of sp³-hybridized carbons (Fsp3) is 0.217. The smallest absolute Gasteiger partial charge is 0.261 e. The standard InChI is InChI=1S/C23H24ClN5O3S/c24-19-2-4-20(5-3-19)33(31,32)28-21-15-18(1-6-22(21)29-13-11-26-12-14-29)23(30)27-16-17-7-9-25-10-8-17/h1-10,15,26,28H,11-14,16H2,(H,27,30). The van der Waals surface area contributed by atoms with Crippen molar-refractivity contribution in [3.8, 4) is 0 Å². The molecule has 1 saturated heterocycles. The zero-order valence-corrected chi connectivity index (χ0v) is 19.4. The summed E-state index contributed by atoms with van der Waals surface area (Å²) in [5, 5.41) is 6.59. The minimum absolute atomic E-state index is 0.0886. The predicted molar refractivity (Wildman–Crippen MR) is 129 cm³/mol. The molecule has 1 fully saturated rings. The summed E-state index contributed by atoms with van der Waals surface area (Å²) in [6.45, 7) is 3.37. The van der Waals surface area contributed by atoms with Gasteiger partial charge in [-0.15, -0.1) is 0 Å². The second-order valence-electron chi connectivity index (χ2n) is 7.57. The van der Waals surface area contributed by atoms with Gasteiger partial charge in [-0.1, -0.05) is 11.6 Å². The number of hydrogen-bond donors (Lipinski definition) is 3. The second-order valence-corrected chi connectivity index (χ2v) is 9.69. The molecule has 1 aromatic heterocycles. The van der Waals surface area contributed by atoms with Crippen LogP contribution in [0.1, 0.15) is 15.9 Å². The average Bonchev–Trinajstić information content (AvgIpc) is 2.84. The summed E-state index contributed by atoms with van der Waals surface area (Å²) in [4.78, 5) is 18.9. The Hall–Kier alpha value is -3.14. The van der Waals surface area contributed by atoms with E-state index in [0.29, 0.717) is 22.8 Å². The maximum absolute atomic E-state index is 13.0. The number of rotatable bonds is 7. The van der Waals surface area contributed by atoms with E-state index in [1.807, 2.05) is 12.1 Å². The van der Waals surface area contributed by atoms with Gasteiger partial charge in [-0.3, -0.25) is 14.5 Å². The van der Waals surface area contributed by atoms with E-state index in [1.54, 1.807) is 30.6 Å². The van der Waals surface area contributed by atoms with Gasteiger partial charge in [-0.25, -0.2) is 8.42 Å². The van der Waals surface area contributed by atoms with Gasteiger partial charge in [-0.2, -0.15) is 0 Å². The van der Waals surface area contributed by atoms with Gasteiger partial charge in [0.15, 0.2) is 0 Å². The van der Waals surface area contributed by atoms with Crippen molar-refractivity contribution in [2.45, 2.75) is 11.4 Å². The number of nitrogens with zero attached hydrogens (tertiary/aromatic N) is 2. The number of amides is 1. The molecule has 2 aromatic carbocycles. The van der Waals surface area contributed by atoms with Crippen molar-refractivity contribution >= 4 is 38.9 Å². The van der Waals surface area contributed by atoms with E-state index in [-0.39, 0.29) is 10.8 Å². The maximum Gasteiger partial charge on any atom is 0.261 e. The number of carbonyl (C=O) groups excluding carboxylic acids is 1. The van der Waals surface area contributed by atoms with Crippen LogP contribution >= 0.6 is 11.6 Å². The third kappa shape index (κ3) is 5.81. The molecule has 0 unspecified atom stereocenters. The van der Waals surface area contributed by atoms with Crippen molar-refractivity contribution in [3.63, 3.8) is 0 Å². The van der Waals surface area contributed by atoms with E-state index in [0.717, 1.165) is 37.4 Å². The second kappa shape index (κ2) is 10.2. The Kier molecular flexibility index (Phi) is 7.12. The highest BCUT2D eigenvalue weighted by atomic mass is 35.5. The van der Waals surface area contributed by atoms with Crippen molar-refractivity contribution in [3.05, 3.63) is 83.1 Å². The van der Waals surface area contributed by atoms with Gasteiger partial charge in [0.1, 0.15) is 0 Å². The van der Waals surface area contributed by atoms with E-state index in [4.69, 9.17) is 11.6 Å². The summed E-state index contributed by atoms with van der Waals surface area (Å²) in [5.41, 5.74) is 2.35. The molecule has 172 valence electrons. The molecule has 1 aliphatic rings. The van der Waals surface area contributed by atoms with Crippen LogP contribution in [-0.4, -0.2) is 45.5 Å². The first kappa shape index (κ1) is 23.0. The Morgan fingerprint density at radius 3 is 2.42 bits per heavy atom. The highest BCUT2D eigenvalue weighted by molar-refractivity contribution is 7.92. The van der Waals surface area contributed by atoms with Crippen LogP contribution in [0.4, 0.5) is 11.4 Å². The molecule has 2 heterocycles. The number of sulfonamides is 1. The number of aromatic nitrogens is 1. The fourth-order valence-electron chi connectivity index (χ4n) is 3.54. The maximum atomic E-state index is 13.0. The van der Waals surface area contributed by atoms with Crippen LogP contribution < -0.4 is 20.3 Å². The van der Waals surface area contributed by atoms with E-state index in [2.05, 4.69) is 25.2 Å². The molecule has 0 spiro atoms. The van der Waals surface area contributed by atoms with Gasteiger partial charge in [0, 0.05) is 55.7 Å². The summed E-state index contributed by atoms with van der Waals surface area (Å²) in [6, 6.07) is 14.6. The zero-order valence-electron chi connectivity index (χ0n) is 17.8. The number of piperazine rings is 1. The lowest BCUT2D eigenvalue weighted by atomic mass is 10.1. The lowest BCUT2D eigenvalue weighted by Crippen LogP contribution is -2.43. The molecule has 0 aliphatic carbocycles. The van der Waals surface area contributed by atoms with E-state index in [1.165, 1.54) is 24.3 Å². The molecule has 8 nitrogen and oxygen atoms in total. The van der Waals surface area contributed by atoms with Crippen LogP contribution in [0.5, 0.6) is 0 Å². The molecule has 4 rings (SSSR count). The molecule has 3 aromatic rings. The Bertz CT molecular complexity index is 1210. The minimum Gasteiger partial charge on any atom is -0.367 e. The first-order chi connectivity index (χ1) is 15.9. The quantitative estimate of drug-likeness (QED) is 0.475. The van der Waals surface area contributed by atoms with Crippen molar-refractivity contribution in [2.75, 3.05) is 35.8 Å². The van der Waals surface area contributed by atoms with Gasteiger partial charge in [0.25, 0.3) is 15.9 Å². The molecule has 33 heavy (non-hydrogen) atoms. The summed E-state index contributed by atoms with van der Waals surface area (Å²) in [6.07, 6.45) is 3.32. The summed E-state index contributed by atoms with van der Waals surface area (Å²) >= 11 is 5.90. The number of halogens is 1. The third-order valence-electron chi connectivity index (χ3n) is 5.29. The van der Waals surface area contributed by atoms with Crippen molar-refractivity contribution in [1.82, 2.24) is 15.6 Å². The molecule has 0 atom stereocenters. The molecule has 0 radical (unpaired) electrons. The van der Waals surface area contributed by atoms with Crippen LogP contribution in [0.25, 0.3) is 0 Å². The molecular formula is C23H24ClN5O3S. The number of carbonyl (C=O) groups is 1. The Balaban J connectivity index is 1.61. The van der Waals surface area contributed by atoms with Crippen LogP contribution in [0.15, 0.2) is 71.9 Å². The highest BCUT2D eigenvalue weighted by Gasteiger charge is 2.21. The number of hydrogen-bond acceptors (Lipinski definition) is 6. The van der Waals surface area contributed by atoms with Crippen molar-refractivity contribution in [1.29, 1.82) is 0 Å². The Morgan fingerprint density at radius 2 is 1.73 bits per heavy atom. The zero-order chi connectivity index (χ0) is 23.3. The monoisotopic (exact) mass is 485 g/mol. The van der Waals surface area contributed by atoms with Gasteiger partial charge in [-0.05, 0) is 60.2 Å². The van der Waals surface area contributed by atoms with Crippen molar-refractivity contribution in [2.24, 2.45) is 0 Å². The molecule has 10 heteroatoms. The largest absolute Gasteiger partial charge is 0.367 e. The molecule has 0 saturated carbocycles. The van der Waals surface area contributed by atoms with Gasteiger partial charge < -0.3 is 15.5 Å². The van der Waals surface area contributed by atoms with Gasteiger partial charge in [0.05, 0.1) is 16.3 Å². The first-order valence-electron chi connectivity index (χ1n) is 10.5. The predicted octanol–water partition coefficient (Wildman–Crippen LogP) is 2.88. The van der Waals surface area contributed by atoms with Crippen LogP contribution in [-0.2, 0) is 16.6 Å². The number of pyridine rings is 1.